The van der Waals surface area contributed by atoms with Gasteiger partial charge in [-0.3, -0.25) is 5.31 Å². The first kappa shape index (κ1) is 13.1. The van der Waals surface area contributed by atoms with Crippen LogP contribution in [-0.2, 0) is 4.74 Å². The molecule has 10 nitrogen and oxygen atoms in total. The van der Waals surface area contributed by atoms with Crippen LogP contribution < -0.4 is 10.7 Å². The highest BCUT2D eigenvalue weighted by atomic mass is 16.7. The molecule has 104 valence electrons. The van der Waals surface area contributed by atoms with Crippen LogP contribution in [0.15, 0.2) is 5.29 Å². The maximum atomic E-state index is 11.3. The average Bonchev–Trinajstić information content (AvgIpc) is 2.40. The van der Waals surface area contributed by atoms with Gasteiger partial charge in [-0.25, -0.2) is 4.79 Å². The van der Waals surface area contributed by atoms with Gasteiger partial charge in [0.1, 0.15) is 12.2 Å². The zero-order valence-corrected chi connectivity index (χ0v) is 9.42. The van der Waals surface area contributed by atoms with Gasteiger partial charge in [0.2, 0.25) is 0 Å². The summed E-state index contributed by atoms with van der Waals surface area (Å²) in [5.74, 6) is -3.92. The van der Waals surface area contributed by atoms with Gasteiger partial charge in [0.05, 0.1) is 23.9 Å². The Morgan fingerprint density at radius 2 is 2.17 bits per heavy atom. The molecular formula is C8H15N3O7. The standard InChI is InChI=1S/C8H15N3O7/c1-3-5(13)6(14)4(2-12)18-8(3,16)9-7(15)10-11-17/h3-6,12-14,16H,2H2,1H3,(H2,9,10,15,17)/t3-,4-,5-,6-,8?/m1/s1/i/hD. The summed E-state index contributed by atoms with van der Waals surface area (Å²) in [5.41, 5.74) is 1.37. The number of nitrogens with zero attached hydrogens (tertiary/aromatic N) is 1. The van der Waals surface area contributed by atoms with Crippen LogP contribution >= 0.6 is 0 Å². The van der Waals surface area contributed by atoms with Crippen molar-refractivity contribution in [2.75, 3.05) is 6.61 Å². The number of aliphatic hydroxyl groups excluding tert-OH is 3. The van der Waals surface area contributed by atoms with Crippen molar-refractivity contribution in [2.24, 2.45) is 11.2 Å². The van der Waals surface area contributed by atoms with Gasteiger partial charge in [0.25, 0.3) is 5.91 Å². The van der Waals surface area contributed by atoms with Crippen LogP contribution in [0.5, 0.6) is 0 Å². The monoisotopic (exact) mass is 266 g/mol. The van der Waals surface area contributed by atoms with Crippen molar-refractivity contribution in [1.29, 1.82) is 0 Å². The van der Waals surface area contributed by atoms with E-state index in [1.54, 1.807) is 0 Å². The maximum absolute atomic E-state index is 11.3. The molecule has 1 unspecified atom stereocenters. The second kappa shape index (κ2) is 5.54. The van der Waals surface area contributed by atoms with E-state index in [9.17, 15) is 25.0 Å². The Morgan fingerprint density at radius 1 is 1.56 bits per heavy atom. The first-order valence-electron chi connectivity index (χ1n) is 5.53. The molecule has 0 saturated carbocycles. The largest absolute Gasteiger partial charge is 0.394 e. The molecule has 0 bridgehead atoms. The number of rotatable bonds is 3. The smallest absolute Gasteiger partial charge is 0.341 e. The molecule has 5 atom stereocenters. The third-order valence-corrected chi connectivity index (χ3v) is 2.74. The van der Waals surface area contributed by atoms with Crippen LogP contribution in [0.1, 0.15) is 6.92 Å². The Labute approximate surface area is 103 Å². The molecule has 18 heavy (non-hydrogen) atoms. The SMILES string of the molecule is [2H]N(C(=O)NN=O)C1(O)O[C@H](CO)[C@@H](O)[C@H](O)[C@H]1C. The minimum Gasteiger partial charge on any atom is -0.394 e. The van der Waals surface area contributed by atoms with E-state index in [0.29, 0.717) is 0 Å². The maximum Gasteiger partial charge on any atom is 0.341 e. The summed E-state index contributed by atoms with van der Waals surface area (Å²) in [5, 5.41) is 40.3. The van der Waals surface area contributed by atoms with Gasteiger partial charge >= 0.3 is 6.03 Å². The molecule has 1 heterocycles. The lowest BCUT2D eigenvalue weighted by Gasteiger charge is -2.46. The lowest BCUT2D eigenvalue weighted by atomic mass is 9.89. The average molecular weight is 266 g/mol. The summed E-state index contributed by atoms with van der Waals surface area (Å²) < 4.78 is 12.3. The molecule has 0 aromatic carbocycles. The van der Waals surface area contributed by atoms with Gasteiger partial charge < -0.3 is 25.2 Å². The third-order valence-electron chi connectivity index (χ3n) is 2.74. The summed E-state index contributed by atoms with van der Waals surface area (Å²) in [6.07, 6.45) is -4.46. The van der Waals surface area contributed by atoms with Gasteiger partial charge in [-0.1, -0.05) is 6.92 Å². The Bertz CT molecular complexity index is 357. The van der Waals surface area contributed by atoms with Gasteiger partial charge in [0, 0.05) is 0 Å². The normalized spacial score (nSPS) is 40.8. The Balaban J connectivity index is 3.00. The molecule has 0 aromatic rings. The van der Waals surface area contributed by atoms with Crippen LogP contribution in [0.4, 0.5) is 4.79 Å². The number of hydrogen-bond acceptors (Lipinski definition) is 8. The highest BCUT2D eigenvalue weighted by Crippen LogP contribution is 2.30. The molecule has 2 amide bonds. The van der Waals surface area contributed by atoms with Crippen LogP contribution in [0.25, 0.3) is 0 Å². The zero-order valence-electron chi connectivity index (χ0n) is 10.4. The van der Waals surface area contributed by atoms with E-state index in [4.69, 9.17) is 11.3 Å². The number of carbonyl (C=O) groups is 1. The van der Waals surface area contributed by atoms with Crippen molar-refractivity contribution in [2.45, 2.75) is 31.1 Å². The highest BCUT2D eigenvalue weighted by molar-refractivity contribution is 5.73. The molecule has 0 spiro atoms. The molecule has 1 aliphatic heterocycles. The van der Waals surface area contributed by atoms with Gasteiger partial charge in [0.15, 0.2) is 1.41 Å². The molecule has 1 rings (SSSR count). The molecule has 10 heteroatoms. The Hall–Kier alpha value is -1.33. The second-order valence-electron chi connectivity index (χ2n) is 3.89. The van der Waals surface area contributed by atoms with E-state index in [-0.39, 0.29) is 5.31 Å². The summed E-state index contributed by atoms with van der Waals surface area (Å²) >= 11 is 0. The quantitative estimate of drug-likeness (QED) is 0.185. The molecule has 0 aliphatic carbocycles. The van der Waals surface area contributed by atoms with Gasteiger partial charge in [-0.15, -0.1) is 4.91 Å². The van der Waals surface area contributed by atoms with Crippen molar-refractivity contribution in [3.8, 4) is 0 Å². The van der Waals surface area contributed by atoms with Crippen LogP contribution in [0, 0.1) is 10.8 Å². The molecule has 1 fully saturated rings. The number of nitrogens with one attached hydrogen (secondary N) is 2. The summed E-state index contributed by atoms with van der Waals surface area (Å²) in [6, 6.07) is -1.40. The topological polar surface area (TPSA) is 161 Å². The first-order valence-corrected chi connectivity index (χ1v) is 5.08. The van der Waals surface area contributed by atoms with Gasteiger partial charge in [-0.05, 0) is 0 Å². The van der Waals surface area contributed by atoms with E-state index in [0.717, 1.165) is 0 Å². The van der Waals surface area contributed by atoms with E-state index in [1.165, 1.54) is 12.3 Å². The molecule has 0 aromatic heterocycles. The number of aliphatic hydroxyl groups is 4. The van der Waals surface area contributed by atoms with Crippen molar-refractivity contribution in [3.05, 3.63) is 4.91 Å². The minimum atomic E-state index is -2.64. The van der Waals surface area contributed by atoms with E-state index < -0.39 is 42.8 Å². The Morgan fingerprint density at radius 3 is 2.67 bits per heavy atom. The lowest BCUT2D eigenvalue weighted by molar-refractivity contribution is -0.340. The fourth-order valence-corrected chi connectivity index (χ4v) is 1.62. The number of carbonyl (C=O) groups excluding carboxylic acids is 1. The van der Waals surface area contributed by atoms with Gasteiger partial charge in [-0.2, -0.15) is 5.43 Å². The molecule has 6 N–H and O–H groups in total. The van der Waals surface area contributed by atoms with Crippen molar-refractivity contribution in [3.63, 3.8) is 0 Å². The van der Waals surface area contributed by atoms with E-state index in [1.807, 2.05) is 5.29 Å². The van der Waals surface area contributed by atoms with Crippen LogP contribution in [0.2, 0.25) is 1.41 Å². The predicted octanol–water partition coefficient (Wildman–Crippen LogP) is -2.64. The summed E-state index contributed by atoms with van der Waals surface area (Å²) in [4.78, 5) is 21.1. The Kier molecular flexibility index (Phi) is 4.04. The number of ether oxygens (including phenoxy) is 1. The molecular weight excluding hydrogens is 250 g/mol. The number of hydrogen-bond donors (Lipinski definition) is 6. The first-order chi connectivity index (χ1) is 8.79. The van der Waals surface area contributed by atoms with Crippen molar-refractivity contribution < 1.29 is 31.4 Å². The van der Waals surface area contributed by atoms with E-state index in [2.05, 4.69) is 0 Å². The fraction of sp³-hybridized carbons (Fsp3) is 0.875. The van der Waals surface area contributed by atoms with Crippen LogP contribution in [0.3, 0.4) is 0 Å². The van der Waals surface area contributed by atoms with E-state index >= 15 is 0 Å². The van der Waals surface area contributed by atoms with Crippen molar-refractivity contribution in [1.82, 2.24) is 10.7 Å². The molecule has 0 radical (unpaired) electrons. The van der Waals surface area contributed by atoms with Crippen molar-refractivity contribution >= 4 is 6.03 Å². The predicted molar refractivity (Wildman–Crippen MR) is 55.5 cm³/mol. The number of nitroso groups, excluding NO2 is 1. The number of amides is 2. The molecule has 1 aliphatic rings. The van der Waals surface area contributed by atoms with Crippen LogP contribution in [-0.4, -0.2) is 57.3 Å². The third kappa shape index (κ3) is 2.73. The number of urea groups is 1. The molecule has 1 saturated heterocycles. The highest BCUT2D eigenvalue weighted by Gasteiger charge is 2.52. The fourth-order valence-electron chi connectivity index (χ4n) is 1.62. The second-order valence-corrected chi connectivity index (χ2v) is 3.89. The lowest BCUT2D eigenvalue weighted by Crippen LogP contribution is -2.68. The zero-order chi connectivity index (χ0) is 14.8. The minimum absolute atomic E-state index is 0.142. The summed E-state index contributed by atoms with van der Waals surface area (Å²) in [7, 11) is 0. The summed E-state index contributed by atoms with van der Waals surface area (Å²) in [6.45, 7) is 0.458.